The Labute approximate surface area is 100 Å². The van der Waals surface area contributed by atoms with Crippen LogP contribution in [0.15, 0.2) is 0 Å². The molecule has 4 unspecified atom stereocenters. The van der Waals surface area contributed by atoms with Gasteiger partial charge in [0.2, 0.25) is 0 Å². The number of nitrogens with two attached hydrogens (primary N) is 1. The van der Waals surface area contributed by atoms with E-state index >= 15 is 0 Å². The van der Waals surface area contributed by atoms with Gasteiger partial charge in [-0.2, -0.15) is 0 Å². The Hall–Kier alpha value is -0.120. The minimum absolute atomic E-state index is 0.308. The van der Waals surface area contributed by atoms with Crippen LogP contribution in [0.2, 0.25) is 0 Å². The molecule has 1 saturated heterocycles. The normalized spacial score (nSPS) is 31.3. The van der Waals surface area contributed by atoms with E-state index < -0.39 is 0 Å². The lowest BCUT2D eigenvalue weighted by molar-refractivity contribution is -0.0705. The van der Waals surface area contributed by atoms with Crippen molar-refractivity contribution in [2.24, 2.45) is 5.73 Å². The second-order valence-electron chi connectivity index (χ2n) is 5.12. The van der Waals surface area contributed by atoms with Gasteiger partial charge < -0.3 is 10.5 Å². The Morgan fingerprint density at radius 3 is 2.62 bits per heavy atom. The average Bonchev–Trinajstić information content (AvgIpc) is 2.24. The fourth-order valence-electron chi connectivity index (χ4n) is 2.70. The molecule has 4 atom stereocenters. The number of hydrogen-bond acceptors (Lipinski definition) is 3. The zero-order valence-electron chi connectivity index (χ0n) is 11.3. The molecule has 3 nitrogen and oxygen atoms in total. The molecule has 0 radical (unpaired) electrons. The van der Waals surface area contributed by atoms with Crippen molar-refractivity contribution in [3.8, 4) is 0 Å². The third-order valence-electron chi connectivity index (χ3n) is 3.62. The molecule has 1 aliphatic heterocycles. The molecule has 0 aromatic rings. The SMILES string of the molecule is CCCC(N)C(CC)N1CC(C)OCC1C. The summed E-state index contributed by atoms with van der Waals surface area (Å²) in [4.78, 5) is 2.55. The molecule has 0 aromatic carbocycles. The minimum Gasteiger partial charge on any atom is -0.376 e. The van der Waals surface area contributed by atoms with Crippen LogP contribution in [-0.4, -0.2) is 42.3 Å². The van der Waals surface area contributed by atoms with Crippen molar-refractivity contribution < 1.29 is 4.74 Å². The van der Waals surface area contributed by atoms with Crippen LogP contribution in [-0.2, 0) is 4.74 Å². The van der Waals surface area contributed by atoms with E-state index in [4.69, 9.17) is 10.5 Å². The molecule has 3 heteroatoms. The van der Waals surface area contributed by atoms with Gasteiger partial charge in [-0.1, -0.05) is 20.3 Å². The third kappa shape index (κ3) is 3.44. The maximum Gasteiger partial charge on any atom is 0.0674 e. The molecule has 2 N–H and O–H groups in total. The second-order valence-corrected chi connectivity index (χ2v) is 5.12. The molecule has 1 heterocycles. The Bertz CT molecular complexity index is 198. The Morgan fingerprint density at radius 2 is 2.06 bits per heavy atom. The van der Waals surface area contributed by atoms with E-state index in [-0.39, 0.29) is 0 Å². The average molecular weight is 228 g/mol. The van der Waals surface area contributed by atoms with Gasteiger partial charge in [-0.25, -0.2) is 0 Å². The Kier molecular flexibility index (Phi) is 5.73. The van der Waals surface area contributed by atoms with Crippen LogP contribution < -0.4 is 5.73 Å². The maximum absolute atomic E-state index is 6.30. The molecule has 0 bridgehead atoms. The first kappa shape index (κ1) is 13.9. The molecule has 1 rings (SSSR count). The second kappa shape index (κ2) is 6.58. The largest absolute Gasteiger partial charge is 0.376 e. The molecule has 0 amide bonds. The van der Waals surface area contributed by atoms with Gasteiger partial charge in [-0.15, -0.1) is 0 Å². The van der Waals surface area contributed by atoms with Gasteiger partial charge in [0.05, 0.1) is 12.7 Å². The zero-order valence-corrected chi connectivity index (χ0v) is 11.3. The fraction of sp³-hybridized carbons (Fsp3) is 1.00. The molecule has 0 aromatic heterocycles. The van der Waals surface area contributed by atoms with E-state index in [0.717, 1.165) is 26.0 Å². The highest BCUT2D eigenvalue weighted by Gasteiger charge is 2.31. The monoisotopic (exact) mass is 228 g/mol. The van der Waals surface area contributed by atoms with Crippen molar-refractivity contribution in [2.75, 3.05) is 13.2 Å². The summed E-state index contributed by atoms with van der Waals surface area (Å²) in [5, 5.41) is 0. The number of hydrogen-bond donors (Lipinski definition) is 1. The molecular weight excluding hydrogens is 200 g/mol. The summed E-state index contributed by atoms with van der Waals surface area (Å²) in [6.07, 6.45) is 3.78. The number of morpholine rings is 1. The van der Waals surface area contributed by atoms with E-state index in [0.29, 0.717) is 24.2 Å². The lowest BCUT2D eigenvalue weighted by atomic mass is 9.97. The first-order valence-electron chi connectivity index (χ1n) is 6.73. The standard InChI is InChI=1S/C13H28N2O/c1-5-7-12(14)13(6-2)15-8-11(4)16-9-10(15)3/h10-13H,5-9,14H2,1-4H3. The van der Waals surface area contributed by atoms with Crippen molar-refractivity contribution in [2.45, 2.75) is 71.2 Å². The molecule has 0 saturated carbocycles. The highest BCUT2D eigenvalue weighted by Crippen LogP contribution is 2.20. The van der Waals surface area contributed by atoms with Crippen molar-refractivity contribution in [1.82, 2.24) is 4.90 Å². The maximum atomic E-state index is 6.30. The lowest BCUT2D eigenvalue weighted by Gasteiger charge is -2.43. The van der Waals surface area contributed by atoms with Gasteiger partial charge in [0.15, 0.2) is 0 Å². The van der Waals surface area contributed by atoms with Crippen LogP contribution in [0.1, 0.15) is 47.0 Å². The molecule has 96 valence electrons. The molecular formula is C13H28N2O. The number of nitrogens with zero attached hydrogens (tertiary/aromatic N) is 1. The topological polar surface area (TPSA) is 38.5 Å². The van der Waals surface area contributed by atoms with Crippen LogP contribution in [0, 0.1) is 0 Å². The molecule has 0 aliphatic carbocycles. The Morgan fingerprint density at radius 1 is 1.38 bits per heavy atom. The first-order chi connectivity index (χ1) is 7.60. The predicted molar refractivity (Wildman–Crippen MR) is 68.5 cm³/mol. The van der Waals surface area contributed by atoms with Gasteiger partial charge in [0.1, 0.15) is 0 Å². The predicted octanol–water partition coefficient (Wildman–Crippen LogP) is 2.00. The summed E-state index contributed by atoms with van der Waals surface area (Å²) < 4.78 is 5.67. The number of rotatable bonds is 5. The summed E-state index contributed by atoms with van der Waals surface area (Å²) in [5.74, 6) is 0. The Balaban J connectivity index is 2.62. The molecule has 0 spiro atoms. The zero-order chi connectivity index (χ0) is 12.1. The summed E-state index contributed by atoms with van der Waals surface area (Å²) in [6.45, 7) is 10.7. The van der Waals surface area contributed by atoms with Crippen molar-refractivity contribution in [1.29, 1.82) is 0 Å². The first-order valence-corrected chi connectivity index (χ1v) is 6.73. The van der Waals surface area contributed by atoms with Crippen molar-refractivity contribution in [3.05, 3.63) is 0 Å². The van der Waals surface area contributed by atoms with Crippen LogP contribution in [0.5, 0.6) is 0 Å². The summed E-state index contributed by atoms with van der Waals surface area (Å²) in [6, 6.07) is 1.33. The minimum atomic E-state index is 0.308. The fourth-order valence-corrected chi connectivity index (χ4v) is 2.70. The molecule has 1 fully saturated rings. The number of ether oxygens (including phenoxy) is 1. The highest BCUT2D eigenvalue weighted by atomic mass is 16.5. The van der Waals surface area contributed by atoms with E-state index in [1.807, 2.05) is 0 Å². The summed E-state index contributed by atoms with van der Waals surface area (Å²) in [5.41, 5.74) is 6.30. The van der Waals surface area contributed by atoms with Crippen LogP contribution in [0.25, 0.3) is 0 Å². The van der Waals surface area contributed by atoms with E-state index in [1.54, 1.807) is 0 Å². The van der Waals surface area contributed by atoms with Gasteiger partial charge in [-0.3, -0.25) is 4.90 Å². The molecule has 1 aliphatic rings. The van der Waals surface area contributed by atoms with Crippen LogP contribution in [0.4, 0.5) is 0 Å². The van der Waals surface area contributed by atoms with Crippen LogP contribution in [0.3, 0.4) is 0 Å². The van der Waals surface area contributed by atoms with Gasteiger partial charge in [0, 0.05) is 24.7 Å². The van der Waals surface area contributed by atoms with Gasteiger partial charge in [-0.05, 0) is 26.7 Å². The van der Waals surface area contributed by atoms with E-state index in [1.165, 1.54) is 6.42 Å². The smallest absolute Gasteiger partial charge is 0.0674 e. The third-order valence-corrected chi connectivity index (χ3v) is 3.62. The van der Waals surface area contributed by atoms with E-state index in [9.17, 15) is 0 Å². The molecule has 16 heavy (non-hydrogen) atoms. The van der Waals surface area contributed by atoms with Crippen molar-refractivity contribution >= 4 is 0 Å². The lowest BCUT2D eigenvalue weighted by Crippen LogP contribution is -2.57. The van der Waals surface area contributed by atoms with Crippen molar-refractivity contribution in [3.63, 3.8) is 0 Å². The van der Waals surface area contributed by atoms with E-state index in [2.05, 4.69) is 32.6 Å². The van der Waals surface area contributed by atoms with Gasteiger partial charge >= 0.3 is 0 Å². The van der Waals surface area contributed by atoms with Gasteiger partial charge in [0.25, 0.3) is 0 Å². The quantitative estimate of drug-likeness (QED) is 0.782. The highest BCUT2D eigenvalue weighted by molar-refractivity contribution is 4.87. The van der Waals surface area contributed by atoms with Crippen LogP contribution >= 0.6 is 0 Å². The summed E-state index contributed by atoms with van der Waals surface area (Å²) >= 11 is 0. The summed E-state index contributed by atoms with van der Waals surface area (Å²) in [7, 11) is 0.